The third-order valence-electron chi connectivity index (χ3n) is 4.60. The first-order chi connectivity index (χ1) is 9.65. The summed E-state index contributed by atoms with van der Waals surface area (Å²) in [6.07, 6.45) is 6.80. The lowest BCUT2D eigenvalue weighted by Gasteiger charge is -2.35. The summed E-state index contributed by atoms with van der Waals surface area (Å²) in [4.78, 5) is 0. The molecule has 1 fully saturated rings. The van der Waals surface area contributed by atoms with Crippen molar-refractivity contribution in [2.75, 3.05) is 6.54 Å². The van der Waals surface area contributed by atoms with E-state index in [9.17, 15) is 0 Å². The topological polar surface area (TPSA) is 12.0 Å². The summed E-state index contributed by atoms with van der Waals surface area (Å²) < 4.78 is 1.00. The number of hydrogen-bond donors (Lipinski definition) is 1. The van der Waals surface area contributed by atoms with Crippen LogP contribution in [0.3, 0.4) is 0 Å². The highest BCUT2D eigenvalue weighted by molar-refractivity contribution is 9.10. The van der Waals surface area contributed by atoms with E-state index in [1.807, 2.05) is 6.07 Å². The van der Waals surface area contributed by atoms with E-state index in [-0.39, 0.29) is 0 Å². The highest BCUT2D eigenvalue weighted by Gasteiger charge is 2.28. The van der Waals surface area contributed by atoms with Crippen molar-refractivity contribution in [3.63, 3.8) is 0 Å². The summed E-state index contributed by atoms with van der Waals surface area (Å²) in [7, 11) is 0. The largest absolute Gasteiger partial charge is 0.310 e. The van der Waals surface area contributed by atoms with Crippen LogP contribution in [0.25, 0.3) is 0 Å². The first-order valence-electron chi connectivity index (χ1n) is 7.84. The molecule has 0 bridgehead atoms. The summed E-state index contributed by atoms with van der Waals surface area (Å²) in [6, 6.07) is 6.83. The maximum absolute atomic E-state index is 6.13. The van der Waals surface area contributed by atoms with Crippen LogP contribution in [-0.2, 0) is 0 Å². The summed E-state index contributed by atoms with van der Waals surface area (Å²) in [5.41, 5.74) is 1.37. The molecule has 1 aliphatic carbocycles. The van der Waals surface area contributed by atoms with Gasteiger partial charge in [-0.15, -0.1) is 0 Å². The molecule has 0 radical (unpaired) electrons. The first kappa shape index (κ1) is 16.3. The summed E-state index contributed by atoms with van der Waals surface area (Å²) in [5, 5.41) is 4.49. The zero-order valence-corrected chi connectivity index (χ0v) is 14.8. The lowest BCUT2D eigenvalue weighted by molar-refractivity contribution is 0.210. The van der Waals surface area contributed by atoms with Gasteiger partial charge in [0.1, 0.15) is 0 Å². The summed E-state index contributed by atoms with van der Waals surface area (Å²) in [6.45, 7) is 5.53. The van der Waals surface area contributed by atoms with Crippen molar-refractivity contribution in [1.82, 2.24) is 5.32 Å². The average molecular weight is 359 g/mol. The molecule has 1 aliphatic rings. The highest BCUT2D eigenvalue weighted by Crippen LogP contribution is 2.39. The van der Waals surface area contributed by atoms with E-state index in [1.54, 1.807) is 0 Å². The molecular formula is C17H25BrClN. The molecule has 1 nitrogen and oxygen atoms in total. The fourth-order valence-electron chi connectivity index (χ4n) is 3.49. The zero-order valence-electron chi connectivity index (χ0n) is 12.5. The molecule has 0 aliphatic heterocycles. The molecule has 1 aromatic rings. The Bertz CT molecular complexity index is 435. The fourth-order valence-corrected chi connectivity index (χ4v) is 4.00. The van der Waals surface area contributed by atoms with Crippen molar-refractivity contribution < 1.29 is 0 Å². The Kier molecular flexibility index (Phi) is 6.38. The van der Waals surface area contributed by atoms with Crippen molar-refractivity contribution in [2.45, 2.75) is 52.0 Å². The Labute approximate surface area is 136 Å². The van der Waals surface area contributed by atoms with Crippen LogP contribution in [0, 0.1) is 11.8 Å². The second-order valence-electron chi connectivity index (χ2n) is 5.91. The average Bonchev–Trinajstić information content (AvgIpc) is 2.48. The van der Waals surface area contributed by atoms with Gasteiger partial charge in [-0.1, -0.05) is 50.8 Å². The van der Waals surface area contributed by atoms with Crippen LogP contribution in [-0.4, -0.2) is 6.54 Å². The van der Waals surface area contributed by atoms with Crippen LogP contribution < -0.4 is 5.32 Å². The zero-order chi connectivity index (χ0) is 14.5. The number of halogens is 2. The van der Waals surface area contributed by atoms with E-state index in [0.717, 1.165) is 27.9 Å². The molecule has 0 saturated heterocycles. The lowest BCUT2D eigenvalue weighted by Crippen LogP contribution is -2.31. The predicted molar refractivity (Wildman–Crippen MR) is 91.3 cm³/mol. The molecule has 0 heterocycles. The van der Waals surface area contributed by atoms with E-state index in [4.69, 9.17) is 11.6 Å². The smallest absolute Gasteiger partial charge is 0.0548 e. The molecule has 3 heteroatoms. The predicted octanol–water partition coefficient (Wildman–Crippen LogP) is 5.97. The summed E-state index contributed by atoms with van der Waals surface area (Å²) in [5.74, 6) is 1.66. The van der Waals surface area contributed by atoms with Gasteiger partial charge in [-0.2, -0.15) is 0 Å². The quantitative estimate of drug-likeness (QED) is 0.683. The van der Waals surface area contributed by atoms with Crippen LogP contribution in [0.5, 0.6) is 0 Å². The minimum atomic E-state index is 0.461. The number of benzene rings is 1. The van der Waals surface area contributed by atoms with Gasteiger partial charge in [0.25, 0.3) is 0 Å². The SMILES string of the molecule is CCNC(c1ccc(Cl)c(Br)c1)C1CCCC(CC)C1. The molecule has 0 spiro atoms. The van der Waals surface area contributed by atoms with Crippen LogP contribution in [0.4, 0.5) is 0 Å². The van der Waals surface area contributed by atoms with Crippen LogP contribution >= 0.6 is 27.5 Å². The number of hydrogen-bond acceptors (Lipinski definition) is 1. The minimum Gasteiger partial charge on any atom is -0.310 e. The van der Waals surface area contributed by atoms with Gasteiger partial charge in [-0.25, -0.2) is 0 Å². The second-order valence-corrected chi connectivity index (χ2v) is 7.17. The van der Waals surface area contributed by atoms with Gasteiger partial charge in [-0.05, 0) is 64.8 Å². The molecule has 3 unspecified atom stereocenters. The third kappa shape index (κ3) is 3.99. The molecular weight excluding hydrogens is 334 g/mol. The molecule has 1 aromatic carbocycles. The lowest BCUT2D eigenvalue weighted by atomic mass is 9.75. The Morgan fingerprint density at radius 1 is 1.35 bits per heavy atom. The van der Waals surface area contributed by atoms with Crippen molar-refractivity contribution >= 4 is 27.5 Å². The van der Waals surface area contributed by atoms with E-state index < -0.39 is 0 Å². The normalized spacial score (nSPS) is 24.6. The molecule has 20 heavy (non-hydrogen) atoms. The highest BCUT2D eigenvalue weighted by atomic mass is 79.9. The van der Waals surface area contributed by atoms with Crippen molar-refractivity contribution in [3.8, 4) is 0 Å². The Morgan fingerprint density at radius 3 is 2.80 bits per heavy atom. The van der Waals surface area contributed by atoms with Gasteiger partial charge in [0.15, 0.2) is 0 Å². The van der Waals surface area contributed by atoms with E-state index >= 15 is 0 Å². The Morgan fingerprint density at radius 2 is 2.15 bits per heavy atom. The van der Waals surface area contributed by atoms with Gasteiger partial charge in [-0.3, -0.25) is 0 Å². The monoisotopic (exact) mass is 357 g/mol. The summed E-state index contributed by atoms with van der Waals surface area (Å²) >= 11 is 9.68. The molecule has 0 aromatic heterocycles. The van der Waals surface area contributed by atoms with Gasteiger partial charge in [0.05, 0.1) is 5.02 Å². The molecule has 1 saturated carbocycles. The van der Waals surface area contributed by atoms with Crippen LogP contribution in [0.15, 0.2) is 22.7 Å². The van der Waals surface area contributed by atoms with Gasteiger partial charge < -0.3 is 5.32 Å². The Hall–Kier alpha value is -0.0500. The number of nitrogens with one attached hydrogen (secondary N) is 1. The molecule has 1 N–H and O–H groups in total. The molecule has 112 valence electrons. The maximum atomic E-state index is 6.13. The van der Waals surface area contributed by atoms with E-state index in [2.05, 4.69) is 47.2 Å². The van der Waals surface area contributed by atoms with Crippen LogP contribution in [0.2, 0.25) is 5.02 Å². The minimum absolute atomic E-state index is 0.461. The van der Waals surface area contributed by atoms with E-state index in [1.165, 1.54) is 37.7 Å². The molecule has 0 amide bonds. The van der Waals surface area contributed by atoms with Crippen molar-refractivity contribution in [3.05, 3.63) is 33.3 Å². The van der Waals surface area contributed by atoms with Gasteiger partial charge >= 0.3 is 0 Å². The second kappa shape index (κ2) is 7.82. The van der Waals surface area contributed by atoms with Crippen molar-refractivity contribution in [2.24, 2.45) is 11.8 Å². The fraction of sp³-hybridized carbons (Fsp3) is 0.647. The van der Waals surface area contributed by atoms with Crippen molar-refractivity contribution in [1.29, 1.82) is 0 Å². The van der Waals surface area contributed by atoms with Gasteiger partial charge in [0.2, 0.25) is 0 Å². The third-order valence-corrected chi connectivity index (χ3v) is 5.81. The first-order valence-corrected chi connectivity index (χ1v) is 9.01. The van der Waals surface area contributed by atoms with E-state index in [0.29, 0.717) is 6.04 Å². The molecule has 3 atom stereocenters. The van der Waals surface area contributed by atoms with Gasteiger partial charge in [0, 0.05) is 10.5 Å². The van der Waals surface area contributed by atoms with Crippen LogP contribution in [0.1, 0.15) is 57.6 Å². The number of rotatable bonds is 5. The maximum Gasteiger partial charge on any atom is 0.0548 e. The standard InChI is InChI=1S/C17H25BrClN/c1-3-12-6-5-7-13(10-12)17(20-4-2)14-8-9-16(19)15(18)11-14/h8-9,11-13,17,20H,3-7,10H2,1-2H3. The molecule has 2 rings (SSSR count). The Balaban J connectivity index is 2.18.